The van der Waals surface area contributed by atoms with Crippen LogP contribution in [0.25, 0.3) is 0 Å². The van der Waals surface area contributed by atoms with Crippen molar-refractivity contribution in [1.82, 2.24) is 4.90 Å². The summed E-state index contributed by atoms with van der Waals surface area (Å²) in [5.41, 5.74) is 0.780. The molecule has 0 N–H and O–H groups in total. The summed E-state index contributed by atoms with van der Waals surface area (Å²) in [6.07, 6.45) is 2.70. The highest BCUT2D eigenvalue weighted by Crippen LogP contribution is 2.18. The molecule has 0 unspecified atom stereocenters. The van der Waals surface area contributed by atoms with Crippen molar-refractivity contribution in [2.24, 2.45) is 0 Å². The van der Waals surface area contributed by atoms with Crippen molar-refractivity contribution >= 4 is 21.7 Å². The van der Waals surface area contributed by atoms with Crippen molar-refractivity contribution in [3.8, 4) is 0 Å². The molecule has 0 aliphatic carbocycles. The summed E-state index contributed by atoms with van der Waals surface area (Å²) in [5.74, 6) is 0.200. The molecule has 1 aromatic rings. The predicted octanol–water partition coefficient (Wildman–Crippen LogP) is 3.13. The number of halogens is 1. The minimum Gasteiger partial charge on any atom is -0.381 e. The fraction of sp³-hybridized carbons (Fsp3) is 0.533. The number of carbonyl (C=O) groups excluding carboxylic acids is 1. The Kier molecular flexibility index (Phi) is 5.55. The molecule has 0 amide bonds. The fourth-order valence-electron chi connectivity index (χ4n) is 2.41. The Hall–Kier alpha value is -0.710. The van der Waals surface area contributed by atoms with Gasteiger partial charge in [0.2, 0.25) is 0 Å². The molecule has 0 aromatic heterocycles. The van der Waals surface area contributed by atoms with Crippen LogP contribution < -0.4 is 0 Å². The Morgan fingerprint density at radius 3 is 2.74 bits per heavy atom. The summed E-state index contributed by atoms with van der Waals surface area (Å²) in [6.45, 7) is 2.49. The number of ether oxygens (including phenoxy) is 1. The Labute approximate surface area is 123 Å². The van der Waals surface area contributed by atoms with E-state index in [-0.39, 0.29) is 5.78 Å². The zero-order valence-electron chi connectivity index (χ0n) is 11.3. The topological polar surface area (TPSA) is 29.5 Å². The number of ketones is 1. The van der Waals surface area contributed by atoms with E-state index in [4.69, 9.17) is 4.74 Å². The first-order valence-corrected chi connectivity index (χ1v) is 7.53. The van der Waals surface area contributed by atoms with E-state index >= 15 is 0 Å². The standard InChI is InChI=1S/C15H20BrNO2/c1-17(12-7-10-19-11-8-12)9-6-15(18)13-4-2-3-5-14(13)16/h2-5,12H,6-11H2,1H3. The van der Waals surface area contributed by atoms with Crippen molar-refractivity contribution in [2.45, 2.75) is 25.3 Å². The molecule has 1 aliphatic rings. The lowest BCUT2D eigenvalue weighted by Crippen LogP contribution is -2.37. The van der Waals surface area contributed by atoms with Crippen LogP contribution in [0.2, 0.25) is 0 Å². The number of hydrogen-bond donors (Lipinski definition) is 0. The third-order valence-corrected chi connectivity index (χ3v) is 4.37. The lowest BCUT2D eigenvalue weighted by Gasteiger charge is -2.30. The van der Waals surface area contributed by atoms with Crippen LogP contribution in [0.15, 0.2) is 28.7 Å². The van der Waals surface area contributed by atoms with E-state index in [1.807, 2.05) is 24.3 Å². The van der Waals surface area contributed by atoms with Gasteiger partial charge in [-0.2, -0.15) is 0 Å². The average molecular weight is 326 g/mol. The second-order valence-corrected chi connectivity index (χ2v) is 5.83. The van der Waals surface area contributed by atoms with Gasteiger partial charge in [0.15, 0.2) is 5.78 Å². The average Bonchev–Trinajstić information content (AvgIpc) is 2.46. The summed E-state index contributed by atoms with van der Waals surface area (Å²) < 4.78 is 6.24. The number of nitrogens with zero attached hydrogens (tertiary/aromatic N) is 1. The van der Waals surface area contributed by atoms with Gasteiger partial charge in [-0.3, -0.25) is 4.79 Å². The molecule has 1 aromatic carbocycles. The first kappa shape index (κ1) is 14.7. The van der Waals surface area contributed by atoms with Crippen LogP contribution in [0.5, 0.6) is 0 Å². The number of hydrogen-bond acceptors (Lipinski definition) is 3. The first-order chi connectivity index (χ1) is 9.18. The molecular formula is C15H20BrNO2. The highest BCUT2D eigenvalue weighted by atomic mass is 79.9. The highest BCUT2D eigenvalue weighted by Gasteiger charge is 2.19. The maximum atomic E-state index is 12.2. The van der Waals surface area contributed by atoms with Crippen LogP contribution in [-0.2, 0) is 4.74 Å². The van der Waals surface area contributed by atoms with Crippen molar-refractivity contribution in [2.75, 3.05) is 26.8 Å². The number of benzene rings is 1. The summed E-state index contributed by atoms with van der Waals surface area (Å²) in [7, 11) is 2.10. The van der Waals surface area contributed by atoms with Gasteiger partial charge < -0.3 is 9.64 Å². The van der Waals surface area contributed by atoms with Gasteiger partial charge in [0.1, 0.15) is 0 Å². The number of Topliss-reactive ketones (excluding diaryl/α,β-unsaturated/α-hetero) is 1. The largest absolute Gasteiger partial charge is 0.381 e. The minimum absolute atomic E-state index is 0.200. The van der Waals surface area contributed by atoms with E-state index in [0.29, 0.717) is 12.5 Å². The fourth-order valence-corrected chi connectivity index (χ4v) is 2.91. The normalized spacial score (nSPS) is 16.8. The van der Waals surface area contributed by atoms with Gasteiger partial charge in [-0.15, -0.1) is 0 Å². The van der Waals surface area contributed by atoms with Gasteiger partial charge in [0.05, 0.1) is 0 Å². The second kappa shape index (κ2) is 7.17. The molecule has 0 radical (unpaired) electrons. The van der Waals surface area contributed by atoms with Gasteiger partial charge in [0, 0.05) is 42.3 Å². The maximum Gasteiger partial charge on any atom is 0.165 e. The van der Waals surface area contributed by atoms with Crippen LogP contribution >= 0.6 is 15.9 Å². The molecule has 0 bridgehead atoms. The van der Waals surface area contributed by atoms with Crippen LogP contribution in [0.1, 0.15) is 29.6 Å². The summed E-state index contributed by atoms with van der Waals surface area (Å²) in [6, 6.07) is 8.17. The van der Waals surface area contributed by atoms with Crippen LogP contribution in [0, 0.1) is 0 Å². The molecule has 0 spiro atoms. The molecule has 1 saturated heterocycles. The molecule has 4 heteroatoms. The molecule has 3 nitrogen and oxygen atoms in total. The molecule has 1 heterocycles. The Morgan fingerprint density at radius 1 is 1.37 bits per heavy atom. The van der Waals surface area contributed by atoms with Crippen LogP contribution in [0.4, 0.5) is 0 Å². The second-order valence-electron chi connectivity index (χ2n) is 4.98. The van der Waals surface area contributed by atoms with Gasteiger partial charge in [-0.25, -0.2) is 0 Å². The summed E-state index contributed by atoms with van der Waals surface area (Å²) in [4.78, 5) is 14.5. The maximum absolute atomic E-state index is 12.2. The molecule has 19 heavy (non-hydrogen) atoms. The van der Waals surface area contributed by atoms with E-state index in [9.17, 15) is 4.79 Å². The Bertz CT molecular complexity index is 430. The highest BCUT2D eigenvalue weighted by molar-refractivity contribution is 9.10. The quantitative estimate of drug-likeness (QED) is 0.779. The molecule has 0 saturated carbocycles. The smallest absolute Gasteiger partial charge is 0.165 e. The van der Waals surface area contributed by atoms with E-state index in [0.717, 1.165) is 42.6 Å². The number of rotatable bonds is 5. The lowest BCUT2D eigenvalue weighted by molar-refractivity contribution is 0.0425. The Balaban J connectivity index is 1.84. The van der Waals surface area contributed by atoms with E-state index in [1.165, 1.54) is 0 Å². The summed E-state index contributed by atoms with van der Waals surface area (Å²) in [5, 5.41) is 0. The van der Waals surface area contributed by atoms with Crippen LogP contribution in [0.3, 0.4) is 0 Å². The molecular weight excluding hydrogens is 306 g/mol. The van der Waals surface area contributed by atoms with Crippen molar-refractivity contribution < 1.29 is 9.53 Å². The summed E-state index contributed by atoms with van der Waals surface area (Å²) >= 11 is 3.43. The van der Waals surface area contributed by atoms with Crippen molar-refractivity contribution in [1.29, 1.82) is 0 Å². The zero-order chi connectivity index (χ0) is 13.7. The van der Waals surface area contributed by atoms with E-state index in [2.05, 4.69) is 27.9 Å². The first-order valence-electron chi connectivity index (χ1n) is 6.74. The Morgan fingerprint density at radius 2 is 2.05 bits per heavy atom. The SMILES string of the molecule is CN(CCC(=O)c1ccccc1Br)C1CCOCC1. The predicted molar refractivity (Wildman–Crippen MR) is 79.6 cm³/mol. The minimum atomic E-state index is 0.200. The van der Waals surface area contributed by atoms with E-state index < -0.39 is 0 Å². The lowest BCUT2D eigenvalue weighted by atomic mass is 10.1. The monoisotopic (exact) mass is 325 g/mol. The van der Waals surface area contributed by atoms with Gasteiger partial charge in [0.25, 0.3) is 0 Å². The third kappa shape index (κ3) is 4.13. The molecule has 104 valence electrons. The zero-order valence-corrected chi connectivity index (χ0v) is 12.9. The molecule has 1 aliphatic heterocycles. The third-order valence-electron chi connectivity index (χ3n) is 3.68. The van der Waals surface area contributed by atoms with Gasteiger partial charge in [-0.1, -0.05) is 34.1 Å². The van der Waals surface area contributed by atoms with Crippen LogP contribution in [-0.4, -0.2) is 43.5 Å². The van der Waals surface area contributed by atoms with Gasteiger partial charge >= 0.3 is 0 Å². The van der Waals surface area contributed by atoms with Gasteiger partial charge in [-0.05, 0) is 26.0 Å². The van der Waals surface area contributed by atoms with Crippen molar-refractivity contribution in [3.05, 3.63) is 34.3 Å². The molecule has 0 atom stereocenters. The molecule has 1 fully saturated rings. The van der Waals surface area contributed by atoms with E-state index in [1.54, 1.807) is 0 Å². The van der Waals surface area contributed by atoms with Crippen molar-refractivity contribution in [3.63, 3.8) is 0 Å². The molecule has 2 rings (SSSR count). The number of carbonyl (C=O) groups is 1.